The van der Waals surface area contributed by atoms with E-state index < -0.39 is 12.4 Å². The molecule has 4 nitrogen and oxygen atoms in total. The molecule has 2 unspecified atom stereocenters. The van der Waals surface area contributed by atoms with Crippen LogP contribution < -0.4 is 0 Å². The molecular formula is C10H20O4. The highest BCUT2D eigenvalue weighted by molar-refractivity contribution is 5.60. The van der Waals surface area contributed by atoms with Crippen molar-refractivity contribution in [3.8, 4) is 0 Å². The minimum Gasteiger partial charge on any atom is -0.431 e. The third-order valence-corrected chi connectivity index (χ3v) is 1.92. The van der Waals surface area contributed by atoms with E-state index in [0.717, 1.165) is 19.3 Å². The van der Waals surface area contributed by atoms with Crippen molar-refractivity contribution in [2.75, 3.05) is 7.11 Å². The molecule has 0 aromatic rings. The van der Waals surface area contributed by atoms with Crippen molar-refractivity contribution in [1.82, 2.24) is 0 Å². The maximum absolute atomic E-state index is 11.1. The van der Waals surface area contributed by atoms with Gasteiger partial charge in [-0.2, -0.15) is 0 Å². The molecule has 14 heavy (non-hydrogen) atoms. The maximum Gasteiger partial charge on any atom is 0.510 e. The lowest BCUT2D eigenvalue weighted by molar-refractivity contribution is -0.0995. The van der Waals surface area contributed by atoms with E-state index in [1.807, 2.05) is 6.92 Å². The SMILES string of the molecule is CCCC(CC)OC(=O)OC(C)OC. The van der Waals surface area contributed by atoms with E-state index in [2.05, 4.69) is 6.92 Å². The second-order valence-electron chi connectivity index (χ2n) is 3.11. The van der Waals surface area contributed by atoms with Crippen LogP contribution in [0.2, 0.25) is 0 Å². The number of hydrogen-bond donors (Lipinski definition) is 0. The highest BCUT2D eigenvalue weighted by Crippen LogP contribution is 2.08. The van der Waals surface area contributed by atoms with Crippen LogP contribution in [0.5, 0.6) is 0 Å². The lowest BCUT2D eigenvalue weighted by Gasteiger charge is -2.16. The summed E-state index contributed by atoms with van der Waals surface area (Å²) in [7, 11) is 1.47. The summed E-state index contributed by atoms with van der Waals surface area (Å²) in [4.78, 5) is 11.1. The monoisotopic (exact) mass is 204 g/mol. The fraction of sp³-hybridized carbons (Fsp3) is 0.900. The molecule has 0 aromatic heterocycles. The maximum atomic E-state index is 11.1. The molecule has 0 aliphatic rings. The Hall–Kier alpha value is -0.770. The Morgan fingerprint density at radius 1 is 1.29 bits per heavy atom. The number of rotatable bonds is 6. The average molecular weight is 204 g/mol. The Labute approximate surface area is 85.5 Å². The number of hydrogen-bond acceptors (Lipinski definition) is 4. The summed E-state index contributed by atoms with van der Waals surface area (Å²) < 4.78 is 14.6. The summed E-state index contributed by atoms with van der Waals surface area (Å²) in [5.74, 6) is 0. The van der Waals surface area contributed by atoms with Crippen LogP contribution >= 0.6 is 0 Å². The first-order chi connectivity index (χ1) is 6.63. The third kappa shape index (κ3) is 5.80. The van der Waals surface area contributed by atoms with Crippen LogP contribution in [0.4, 0.5) is 4.79 Å². The first-order valence-electron chi connectivity index (χ1n) is 5.04. The first kappa shape index (κ1) is 13.2. The molecule has 0 N–H and O–H groups in total. The minimum atomic E-state index is -0.653. The number of ether oxygens (including phenoxy) is 3. The van der Waals surface area contributed by atoms with Gasteiger partial charge in [0.05, 0.1) is 0 Å². The molecule has 0 fully saturated rings. The van der Waals surface area contributed by atoms with Gasteiger partial charge in [-0.15, -0.1) is 0 Å². The predicted octanol–water partition coefficient (Wildman–Crippen LogP) is 2.71. The van der Waals surface area contributed by atoms with E-state index in [-0.39, 0.29) is 6.10 Å². The fourth-order valence-electron chi connectivity index (χ4n) is 1.02. The molecule has 2 atom stereocenters. The van der Waals surface area contributed by atoms with Gasteiger partial charge in [0.15, 0.2) is 0 Å². The van der Waals surface area contributed by atoms with Crippen LogP contribution in [-0.4, -0.2) is 25.7 Å². The number of carbonyl (C=O) groups excluding carboxylic acids is 1. The zero-order valence-corrected chi connectivity index (χ0v) is 9.41. The van der Waals surface area contributed by atoms with Crippen LogP contribution in [0.25, 0.3) is 0 Å². The zero-order chi connectivity index (χ0) is 11.0. The van der Waals surface area contributed by atoms with Gasteiger partial charge >= 0.3 is 6.16 Å². The van der Waals surface area contributed by atoms with Crippen LogP contribution in [0.1, 0.15) is 40.0 Å². The molecule has 0 aromatic carbocycles. The Kier molecular flexibility index (Phi) is 7.20. The van der Waals surface area contributed by atoms with Gasteiger partial charge in [-0.1, -0.05) is 20.3 Å². The van der Waals surface area contributed by atoms with Crippen molar-refractivity contribution in [3.05, 3.63) is 0 Å². The Balaban J connectivity index is 3.78. The smallest absolute Gasteiger partial charge is 0.431 e. The molecule has 0 rings (SSSR count). The number of methoxy groups -OCH3 is 1. The Morgan fingerprint density at radius 2 is 1.93 bits per heavy atom. The average Bonchev–Trinajstić information content (AvgIpc) is 2.16. The summed E-state index contributed by atoms with van der Waals surface area (Å²) in [6, 6.07) is 0. The van der Waals surface area contributed by atoms with E-state index in [0.29, 0.717) is 0 Å². The second kappa shape index (κ2) is 7.62. The van der Waals surface area contributed by atoms with Gasteiger partial charge < -0.3 is 14.2 Å². The van der Waals surface area contributed by atoms with E-state index in [1.54, 1.807) is 6.92 Å². The lowest BCUT2D eigenvalue weighted by atomic mass is 10.2. The van der Waals surface area contributed by atoms with Gasteiger partial charge in [0.25, 0.3) is 0 Å². The van der Waals surface area contributed by atoms with Gasteiger partial charge in [-0.3, -0.25) is 0 Å². The Bertz CT molecular complexity index is 158. The molecule has 0 heterocycles. The van der Waals surface area contributed by atoms with Crippen molar-refractivity contribution in [2.24, 2.45) is 0 Å². The highest BCUT2D eigenvalue weighted by atomic mass is 16.8. The summed E-state index contributed by atoms with van der Waals surface area (Å²) in [5, 5.41) is 0. The van der Waals surface area contributed by atoms with E-state index in [1.165, 1.54) is 7.11 Å². The molecular weight excluding hydrogens is 184 g/mol. The molecule has 84 valence electrons. The number of carbonyl (C=O) groups is 1. The highest BCUT2D eigenvalue weighted by Gasteiger charge is 2.14. The molecule has 0 aliphatic heterocycles. The third-order valence-electron chi connectivity index (χ3n) is 1.92. The van der Waals surface area contributed by atoms with Gasteiger partial charge in [-0.25, -0.2) is 4.79 Å². The summed E-state index contributed by atoms with van der Waals surface area (Å²) in [6.07, 6.45) is 1.42. The van der Waals surface area contributed by atoms with E-state index in [9.17, 15) is 4.79 Å². The molecule has 0 saturated carbocycles. The van der Waals surface area contributed by atoms with Crippen molar-refractivity contribution < 1.29 is 19.0 Å². The molecule has 0 saturated heterocycles. The largest absolute Gasteiger partial charge is 0.510 e. The van der Waals surface area contributed by atoms with Gasteiger partial charge in [0.1, 0.15) is 6.10 Å². The van der Waals surface area contributed by atoms with Gasteiger partial charge in [0.2, 0.25) is 6.29 Å². The van der Waals surface area contributed by atoms with Crippen molar-refractivity contribution in [3.63, 3.8) is 0 Å². The molecule has 4 heteroatoms. The molecule has 0 spiro atoms. The summed E-state index contributed by atoms with van der Waals surface area (Å²) in [6.45, 7) is 5.67. The quantitative estimate of drug-likeness (QED) is 0.493. The minimum absolute atomic E-state index is 0.0449. The fourth-order valence-corrected chi connectivity index (χ4v) is 1.02. The van der Waals surface area contributed by atoms with Crippen molar-refractivity contribution >= 4 is 6.16 Å². The molecule has 0 bridgehead atoms. The van der Waals surface area contributed by atoms with Gasteiger partial charge in [-0.05, 0) is 19.8 Å². The van der Waals surface area contributed by atoms with E-state index in [4.69, 9.17) is 14.2 Å². The Morgan fingerprint density at radius 3 is 2.36 bits per heavy atom. The van der Waals surface area contributed by atoms with Crippen LogP contribution in [-0.2, 0) is 14.2 Å². The van der Waals surface area contributed by atoms with Crippen LogP contribution in [0.3, 0.4) is 0 Å². The van der Waals surface area contributed by atoms with Crippen LogP contribution in [0.15, 0.2) is 0 Å². The summed E-state index contributed by atoms with van der Waals surface area (Å²) >= 11 is 0. The molecule has 0 amide bonds. The normalized spacial score (nSPS) is 14.6. The zero-order valence-electron chi connectivity index (χ0n) is 9.41. The van der Waals surface area contributed by atoms with Crippen molar-refractivity contribution in [2.45, 2.75) is 52.4 Å². The summed E-state index contributed by atoms with van der Waals surface area (Å²) in [5.41, 5.74) is 0. The van der Waals surface area contributed by atoms with E-state index >= 15 is 0 Å². The topological polar surface area (TPSA) is 44.8 Å². The standard InChI is InChI=1S/C10H20O4/c1-5-7-9(6-2)14-10(11)13-8(3)12-4/h8-9H,5-7H2,1-4H3. The van der Waals surface area contributed by atoms with Gasteiger partial charge in [0, 0.05) is 7.11 Å². The van der Waals surface area contributed by atoms with Crippen LogP contribution in [0, 0.1) is 0 Å². The molecule has 0 aliphatic carbocycles. The first-order valence-corrected chi connectivity index (χ1v) is 5.04. The molecule has 0 radical (unpaired) electrons. The predicted molar refractivity (Wildman–Crippen MR) is 53.0 cm³/mol. The van der Waals surface area contributed by atoms with Crippen molar-refractivity contribution in [1.29, 1.82) is 0 Å². The lowest BCUT2D eigenvalue weighted by Crippen LogP contribution is -2.22. The second-order valence-corrected chi connectivity index (χ2v) is 3.11.